The second-order valence-corrected chi connectivity index (χ2v) is 5.08. The fourth-order valence-electron chi connectivity index (χ4n) is 2.49. The standard InChI is InChI=1S/C14H13ClN2O/c15-12-7-2-1-5-11(12)14(18)17-16-13-8-9-4-3-6-10(9)13/h1-3,5-7,9-10H,4,8H2,(H,17,18)/b16-13-/t9-,10+/m1/s1. The lowest BCUT2D eigenvalue weighted by atomic mass is 9.74. The summed E-state index contributed by atoms with van der Waals surface area (Å²) in [6, 6.07) is 6.97. The number of amides is 1. The smallest absolute Gasteiger partial charge is 0.267 e. The Balaban J connectivity index is 1.67. The van der Waals surface area contributed by atoms with Crippen molar-refractivity contribution in [2.24, 2.45) is 16.9 Å². The molecular weight excluding hydrogens is 248 g/mol. The lowest BCUT2D eigenvalue weighted by molar-refractivity contribution is 0.0954. The highest BCUT2D eigenvalue weighted by molar-refractivity contribution is 6.33. The van der Waals surface area contributed by atoms with Crippen molar-refractivity contribution in [3.8, 4) is 0 Å². The van der Waals surface area contributed by atoms with Crippen molar-refractivity contribution in [2.75, 3.05) is 0 Å². The van der Waals surface area contributed by atoms with Crippen LogP contribution in [0.2, 0.25) is 5.02 Å². The van der Waals surface area contributed by atoms with Gasteiger partial charge in [-0.3, -0.25) is 4.79 Å². The SMILES string of the molecule is O=C(N/N=C1/C[C@H]2CC=C[C@H]12)c1ccccc1Cl. The number of hydrazone groups is 1. The largest absolute Gasteiger partial charge is 0.272 e. The van der Waals surface area contributed by atoms with Gasteiger partial charge in [-0.1, -0.05) is 35.9 Å². The third-order valence-corrected chi connectivity index (χ3v) is 3.90. The number of rotatable bonds is 2. The zero-order valence-corrected chi connectivity index (χ0v) is 10.5. The summed E-state index contributed by atoms with van der Waals surface area (Å²) in [7, 11) is 0. The van der Waals surface area contributed by atoms with E-state index in [2.05, 4.69) is 22.7 Å². The Morgan fingerprint density at radius 1 is 1.39 bits per heavy atom. The molecule has 4 heteroatoms. The molecule has 0 radical (unpaired) electrons. The van der Waals surface area contributed by atoms with E-state index in [1.807, 2.05) is 0 Å². The Hall–Kier alpha value is -1.61. The van der Waals surface area contributed by atoms with Crippen molar-refractivity contribution < 1.29 is 4.79 Å². The van der Waals surface area contributed by atoms with Gasteiger partial charge in [-0.15, -0.1) is 0 Å². The maximum atomic E-state index is 11.9. The minimum absolute atomic E-state index is 0.251. The van der Waals surface area contributed by atoms with Crippen LogP contribution in [-0.4, -0.2) is 11.6 Å². The van der Waals surface area contributed by atoms with Gasteiger partial charge in [0.15, 0.2) is 0 Å². The van der Waals surface area contributed by atoms with E-state index < -0.39 is 0 Å². The molecule has 2 aliphatic carbocycles. The fourth-order valence-corrected chi connectivity index (χ4v) is 2.71. The maximum Gasteiger partial charge on any atom is 0.272 e. The Bertz CT molecular complexity index is 550. The van der Waals surface area contributed by atoms with Crippen LogP contribution < -0.4 is 5.43 Å². The van der Waals surface area contributed by atoms with Gasteiger partial charge in [-0.05, 0) is 30.9 Å². The Morgan fingerprint density at radius 2 is 2.22 bits per heavy atom. The molecule has 1 saturated carbocycles. The van der Waals surface area contributed by atoms with Crippen molar-refractivity contribution in [3.05, 3.63) is 47.0 Å². The number of hydrogen-bond acceptors (Lipinski definition) is 2. The van der Waals surface area contributed by atoms with E-state index in [0.717, 1.165) is 18.6 Å². The van der Waals surface area contributed by atoms with Crippen molar-refractivity contribution in [1.82, 2.24) is 5.43 Å². The van der Waals surface area contributed by atoms with Crippen molar-refractivity contribution in [3.63, 3.8) is 0 Å². The Kier molecular flexibility index (Phi) is 2.92. The van der Waals surface area contributed by atoms with Crippen LogP contribution in [0.3, 0.4) is 0 Å². The van der Waals surface area contributed by atoms with Gasteiger partial charge in [0.2, 0.25) is 0 Å². The van der Waals surface area contributed by atoms with Crippen LogP contribution in [0.1, 0.15) is 23.2 Å². The van der Waals surface area contributed by atoms with Crippen LogP contribution in [0.15, 0.2) is 41.5 Å². The Morgan fingerprint density at radius 3 is 3.00 bits per heavy atom. The van der Waals surface area contributed by atoms with Crippen LogP contribution in [0.25, 0.3) is 0 Å². The van der Waals surface area contributed by atoms with Gasteiger partial charge < -0.3 is 0 Å². The highest BCUT2D eigenvalue weighted by Crippen LogP contribution is 2.40. The van der Waals surface area contributed by atoms with E-state index in [4.69, 9.17) is 11.6 Å². The third kappa shape index (κ3) is 1.95. The summed E-state index contributed by atoms with van der Waals surface area (Å²) in [6.07, 6.45) is 6.49. The van der Waals surface area contributed by atoms with Crippen LogP contribution in [0, 0.1) is 11.8 Å². The van der Waals surface area contributed by atoms with Crippen LogP contribution in [0.4, 0.5) is 0 Å². The molecule has 1 fully saturated rings. The molecule has 0 aromatic heterocycles. The molecule has 0 saturated heterocycles. The molecule has 92 valence electrons. The second kappa shape index (κ2) is 4.58. The molecule has 3 nitrogen and oxygen atoms in total. The Labute approximate surface area is 111 Å². The molecule has 2 atom stereocenters. The highest BCUT2D eigenvalue weighted by atomic mass is 35.5. The molecule has 1 aromatic carbocycles. The maximum absolute atomic E-state index is 11.9. The van der Waals surface area contributed by atoms with Crippen molar-refractivity contribution >= 4 is 23.2 Å². The van der Waals surface area contributed by atoms with E-state index >= 15 is 0 Å². The highest BCUT2D eigenvalue weighted by Gasteiger charge is 2.37. The van der Waals surface area contributed by atoms with Crippen LogP contribution in [0.5, 0.6) is 0 Å². The van der Waals surface area contributed by atoms with Crippen molar-refractivity contribution in [2.45, 2.75) is 12.8 Å². The van der Waals surface area contributed by atoms with E-state index in [1.165, 1.54) is 0 Å². The first-order chi connectivity index (χ1) is 8.75. The first-order valence-electron chi connectivity index (χ1n) is 6.03. The van der Waals surface area contributed by atoms with E-state index in [1.54, 1.807) is 24.3 Å². The molecule has 1 amide bonds. The number of carbonyl (C=O) groups excluding carboxylic acids is 1. The zero-order valence-electron chi connectivity index (χ0n) is 9.77. The predicted molar refractivity (Wildman–Crippen MR) is 71.7 cm³/mol. The van der Waals surface area contributed by atoms with Crippen molar-refractivity contribution in [1.29, 1.82) is 0 Å². The predicted octanol–water partition coefficient (Wildman–Crippen LogP) is 3.02. The first kappa shape index (κ1) is 11.5. The third-order valence-electron chi connectivity index (χ3n) is 3.57. The topological polar surface area (TPSA) is 41.5 Å². The number of benzene rings is 1. The van der Waals surface area contributed by atoms with Gasteiger partial charge in [-0.25, -0.2) is 5.43 Å². The first-order valence-corrected chi connectivity index (χ1v) is 6.41. The summed E-state index contributed by atoms with van der Waals surface area (Å²) in [6.45, 7) is 0. The number of carbonyl (C=O) groups is 1. The van der Waals surface area contributed by atoms with Gasteiger partial charge >= 0.3 is 0 Å². The van der Waals surface area contributed by atoms with Gasteiger partial charge in [0.05, 0.1) is 10.6 Å². The summed E-state index contributed by atoms with van der Waals surface area (Å²) in [5, 5.41) is 4.64. The number of hydrogen-bond donors (Lipinski definition) is 1. The number of fused-ring (bicyclic) bond motifs is 1. The lowest BCUT2D eigenvalue weighted by Crippen LogP contribution is -2.35. The van der Waals surface area contributed by atoms with E-state index in [-0.39, 0.29) is 5.91 Å². The average Bonchev–Trinajstić information content (AvgIpc) is 2.71. The summed E-state index contributed by atoms with van der Waals surface area (Å²) in [4.78, 5) is 11.9. The molecular formula is C14H13ClN2O. The molecule has 0 unspecified atom stereocenters. The molecule has 0 spiro atoms. The van der Waals surface area contributed by atoms with Crippen LogP contribution >= 0.6 is 11.6 Å². The van der Waals surface area contributed by atoms with Gasteiger partial charge in [0, 0.05) is 11.6 Å². The average molecular weight is 261 g/mol. The molecule has 1 N–H and O–H groups in total. The molecule has 0 heterocycles. The minimum atomic E-state index is -0.251. The quantitative estimate of drug-likeness (QED) is 0.645. The fraction of sp³-hybridized carbons (Fsp3) is 0.286. The second-order valence-electron chi connectivity index (χ2n) is 4.68. The van der Waals surface area contributed by atoms with Crippen LogP contribution in [-0.2, 0) is 0 Å². The van der Waals surface area contributed by atoms with Gasteiger partial charge in [-0.2, -0.15) is 5.10 Å². The molecule has 0 bridgehead atoms. The molecule has 18 heavy (non-hydrogen) atoms. The molecule has 3 rings (SSSR count). The zero-order chi connectivity index (χ0) is 12.5. The number of nitrogens with one attached hydrogen (secondary N) is 1. The van der Waals surface area contributed by atoms with E-state index in [9.17, 15) is 4.79 Å². The summed E-state index contributed by atoms with van der Waals surface area (Å²) >= 11 is 5.95. The monoisotopic (exact) mass is 260 g/mol. The minimum Gasteiger partial charge on any atom is -0.267 e. The molecule has 1 aromatic rings. The normalized spacial score (nSPS) is 26.8. The lowest BCUT2D eigenvalue weighted by Gasteiger charge is -2.31. The summed E-state index contributed by atoms with van der Waals surface area (Å²) in [5.41, 5.74) is 4.11. The van der Waals surface area contributed by atoms with E-state index in [0.29, 0.717) is 22.4 Å². The van der Waals surface area contributed by atoms with Gasteiger partial charge in [0.25, 0.3) is 5.91 Å². The van der Waals surface area contributed by atoms with Gasteiger partial charge in [0.1, 0.15) is 0 Å². The number of allylic oxidation sites excluding steroid dienone is 2. The number of halogens is 1. The summed E-state index contributed by atoms with van der Waals surface area (Å²) < 4.78 is 0. The number of nitrogens with zero attached hydrogens (tertiary/aromatic N) is 1. The molecule has 2 aliphatic rings. The molecule has 0 aliphatic heterocycles. The summed E-state index contributed by atoms with van der Waals surface area (Å²) in [5.74, 6) is 0.899.